The SMILES string of the molecule is CCCCNC(=NCC(=O)N(C)C)N1CCC(C)CC1. The number of nitrogens with zero attached hydrogens (tertiary/aromatic N) is 3. The zero-order chi connectivity index (χ0) is 15.0. The van der Waals surface area contributed by atoms with Crippen LogP contribution in [0.4, 0.5) is 0 Å². The summed E-state index contributed by atoms with van der Waals surface area (Å²) in [5.41, 5.74) is 0. The van der Waals surface area contributed by atoms with Crippen molar-refractivity contribution in [2.75, 3.05) is 40.3 Å². The summed E-state index contributed by atoms with van der Waals surface area (Å²) in [6, 6.07) is 0. The molecule has 0 aromatic carbocycles. The molecule has 0 saturated carbocycles. The second-order valence-corrected chi connectivity index (χ2v) is 5.88. The average Bonchev–Trinajstić information content (AvgIpc) is 2.43. The highest BCUT2D eigenvalue weighted by atomic mass is 16.2. The summed E-state index contributed by atoms with van der Waals surface area (Å²) in [5.74, 6) is 1.75. The molecule has 1 rings (SSSR count). The molecule has 1 amide bonds. The van der Waals surface area contributed by atoms with Crippen LogP contribution in [-0.2, 0) is 4.79 Å². The molecule has 1 saturated heterocycles. The van der Waals surface area contributed by atoms with Crippen LogP contribution in [0.25, 0.3) is 0 Å². The van der Waals surface area contributed by atoms with Gasteiger partial charge in [-0.15, -0.1) is 0 Å². The van der Waals surface area contributed by atoms with E-state index in [2.05, 4.69) is 29.1 Å². The van der Waals surface area contributed by atoms with Gasteiger partial charge in [0.2, 0.25) is 5.91 Å². The standard InChI is InChI=1S/C15H30N4O/c1-5-6-9-16-15(17-12-14(20)18(3)4)19-10-7-13(2)8-11-19/h13H,5-12H2,1-4H3,(H,16,17). The largest absolute Gasteiger partial charge is 0.356 e. The van der Waals surface area contributed by atoms with Crippen molar-refractivity contribution in [3.05, 3.63) is 0 Å². The van der Waals surface area contributed by atoms with E-state index in [1.165, 1.54) is 12.8 Å². The van der Waals surface area contributed by atoms with Crippen molar-refractivity contribution in [1.29, 1.82) is 0 Å². The fraction of sp³-hybridized carbons (Fsp3) is 0.867. The molecule has 1 N–H and O–H groups in total. The van der Waals surface area contributed by atoms with Crippen molar-refractivity contribution in [3.63, 3.8) is 0 Å². The number of unbranched alkanes of at least 4 members (excludes halogenated alkanes) is 1. The number of carbonyl (C=O) groups is 1. The smallest absolute Gasteiger partial charge is 0.243 e. The minimum Gasteiger partial charge on any atom is -0.356 e. The summed E-state index contributed by atoms with van der Waals surface area (Å²) in [6.07, 6.45) is 4.70. The molecular formula is C15H30N4O. The molecule has 0 unspecified atom stereocenters. The van der Waals surface area contributed by atoms with Gasteiger partial charge in [-0.3, -0.25) is 4.79 Å². The minimum atomic E-state index is 0.0465. The Hall–Kier alpha value is -1.26. The molecule has 1 aliphatic heterocycles. The normalized spacial score (nSPS) is 17.2. The van der Waals surface area contributed by atoms with Crippen LogP contribution in [-0.4, -0.2) is 61.9 Å². The Morgan fingerprint density at radius 3 is 2.55 bits per heavy atom. The third-order valence-corrected chi connectivity index (χ3v) is 3.76. The molecule has 20 heavy (non-hydrogen) atoms. The Kier molecular flexibility index (Phi) is 7.41. The van der Waals surface area contributed by atoms with Crippen molar-refractivity contribution in [1.82, 2.24) is 15.1 Å². The Morgan fingerprint density at radius 1 is 1.35 bits per heavy atom. The minimum absolute atomic E-state index is 0.0465. The van der Waals surface area contributed by atoms with Gasteiger partial charge >= 0.3 is 0 Å². The number of hydrogen-bond acceptors (Lipinski definition) is 2. The van der Waals surface area contributed by atoms with Crippen LogP contribution >= 0.6 is 0 Å². The molecule has 0 spiro atoms. The molecule has 116 valence electrons. The monoisotopic (exact) mass is 282 g/mol. The van der Waals surface area contributed by atoms with Gasteiger partial charge in [0.25, 0.3) is 0 Å². The van der Waals surface area contributed by atoms with Gasteiger partial charge in [0.05, 0.1) is 0 Å². The van der Waals surface area contributed by atoms with Crippen LogP contribution in [0.15, 0.2) is 4.99 Å². The quantitative estimate of drug-likeness (QED) is 0.473. The number of rotatable bonds is 5. The second-order valence-electron chi connectivity index (χ2n) is 5.88. The molecule has 1 aliphatic rings. The Morgan fingerprint density at radius 2 is 2.00 bits per heavy atom. The number of guanidine groups is 1. The number of hydrogen-bond donors (Lipinski definition) is 1. The van der Waals surface area contributed by atoms with E-state index in [0.29, 0.717) is 0 Å². The fourth-order valence-electron chi connectivity index (χ4n) is 2.15. The molecule has 0 radical (unpaired) electrons. The molecule has 0 atom stereocenters. The van der Waals surface area contributed by atoms with Gasteiger partial charge in [0.15, 0.2) is 5.96 Å². The summed E-state index contributed by atoms with van der Waals surface area (Å²) in [6.45, 7) is 7.71. The lowest BCUT2D eigenvalue weighted by Gasteiger charge is -2.33. The third-order valence-electron chi connectivity index (χ3n) is 3.76. The van der Waals surface area contributed by atoms with E-state index in [-0.39, 0.29) is 12.5 Å². The average molecular weight is 282 g/mol. The highest BCUT2D eigenvalue weighted by molar-refractivity contribution is 5.84. The molecule has 5 nitrogen and oxygen atoms in total. The van der Waals surface area contributed by atoms with Gasteiger partial charge in [0, 0.05) is 33.7 Å². The number of carbonyl (C=O) groups excluding carboxylic acids is 1. The first kappa shape index (κ1) is 16.8. The lowest BCUT2D eigenvalue weighted by molar-refractivity contribution is -0.127. The Labute approximate surface area is 123 Å². The summed E-state index contributed by atoms with van der Waals surface area (Å²) < 4.78 is 0. The van der Waals surface area contributed by atoms with E-state index in [0.717, 1.165) is 44.4 Å². The van der Waals surface area contributed by atoms with Crippen LogP contribution in [0.2, 0.25) is 0 Å². The summed E-state index contributed by atoms with van der Waals surface area (Å²) in [4.78, 5) is 20.1. The van der Waals surface area contributed by atoms with Crippen molar-refractivity contribution in [2.24, 2.45) is 10.9 Å². The van der Waals surface area contributed by atoms with E-state index in [4.69, 9.17) is 0 Å². The van der Waals surface area contributed by atoms with E-state index in [1.54, 1.807) is 19.0 Å². The van der Waals surface area contributed by atoms with Gasteiger partial charge < -0.3 is 15.1 Å². The number of aliphatic imine (C=N–C) groups is 1. The Bertz CT molecular complexity index is 320. The maximum Gasteiger partial charge on any atom is 0.243 e. The van der Waals surface area contributed by atoms with Crippen LogP contribution in [0.3, 0.4) is 0 Å². The number of likely N-dealkylation sites (N-methyl/N-ethyl adjacent to an activating group) is 1. The first-order valence-corrected chi connectivity index (χ1v) is 7.78. The van der Waals surface area contributed by atoms with Gasteiger partial charge in [-0.25, -0.2) is 4.99 Å². The van der Waals surface area contributed by atoms with Gasteiger partial charge in [0.1, 0.15) is 6.54 Å². The topological polar surface area (TPSA) is 47.9 Å². The van der Waals surface area contributed by atoms with E-state index < -0.39 is 0 Å². The van der Waals surface area contributed by atoms with Gasteiger partial charge in [-0.05, 0) is 25.2 Å². The molecule has 0 aromatic rings. The lowest BCUT2D eigenvalue weighted by atomic mass is 10.00. The predicted octanol–water partition coefficient (Wildman–Crippen LogP) is 1.55. The third kappa shape index (κ3) is 5.80. The van der Waals surface area contributed by atoms with Crippen LogP contribution < -0.4 is 5.32 Å². The Balaban J connectivity index is 2.59. The maximum absolute atomic E-state index is 11.7. The molecule has 0 bridgehead atoms. The van der Waals surface area contributed by atoms with Crippen LogP contribution in [0.1, 0.15) is 39.5 Å². The van der Waals surface area contributed by atoms with Crippen molar-refractivity contribution in [2.45, 2.75) is 39.5 Å². The van der Waals surface area contributed by atoms with E-state index in [1.807, 2.05) is 0 Å². The van der Waals surface area contributed by atoms with Crippen molar-refractivity contribution < 1.29 is 4.79 Å². The van der Waals surface area contributed by atoms with Gasteiger partial charge in [-0.2, -0.15) is 0 Å². The lowest BCUT2D eigenvalue weighted by Crippen LogP contribution is -2.46. The number of nitrogens with one attached hydrogen (secondary N) is 1. The fourth-order valence-corrected chi connectivity index (χ4v) is 2.15. The molecule has 5 heteroatoms. The number of piperidine rings is 1. The first-order valence-electron chi connectivity index (χ1n) is 7.78. The summed E-state index contributed by atoms with van der Waals surface area (Å²) >= 11 is 0. The zero-order valence-electron chi connectivity index (χ0n) is 13.5. The summed E-state index contributed by atoms with van der Waals surface area (Å²) in [7, 11) is 3.54. The van der Waals surface area contributed by atoms with Crippen LogP contribution in [0.5, 0.6) is 0 Å². The highest BCUT2D eigenvalue weighted by Gasteiger charge is 2.19. The van der Waals surface area contributed by atoms with Crippen molar-refractivity contribution in [3.8, 4) is 0 Å². The highest BCUT2D eigenvalue weighted by Crippen LogP contribution is 2.15. The number of likely N-dealkylation sites (tertiary alicyclic amines) is 1. The molecule has 1 fully saturated rings. The maximum atomic E-state index is 11.7. The predicted molar refractivity (Wildman–Crippen MR) is 83.9 cm³/mol. The van der Waals surface area contributed by atoms with Gasteiger partial charge in [-0.1, -0.05) is 20.3 Å². The first-order chi connectivity index (χ1) is 9.54. The molecular weight excluding hydrogens is 252 g/mol. The van der Waals surface area contributed by atoms with E-state index in [9.17, 15) is 4.79 Å². The second kappa shape index (κ2) is 8.82. The molecule has 0 aliphatic carbocycles. The van der Waals surface area contributed by atoms with Crippen LogP contribution in [0, 0.1) is 5.92 Å². The van der Waals surface area contributed by atoms with E-state index >= 15 is 0 Å². The number of amides is 1. The van der Waals surface area contributed by atoms with Crippen molar-refractivity contribution >= 4 is 11.9 Å². The zero-order valence-corrected chi connectivity index (χ0v) is 13.5. The molecule has 0 aromatic heterocycles. The molecule has 1 heterocycles. The summed E-state index contributed by atoms with van der Waals surface area (Å²) in [5, 5.41) is 3.40.